The fourth-order valence-electron chi connectivity index (χ4n) is 2.46. The third-order valence-electron chi connectivity index (χ3n) is 3.96. The van der Waals surface area contributed by atoms with Gasteiger partial charge in [-0.25, -0.2) is 9.97 Å². The lowest BCUT2D eigenvalue weighted by molar-refractivity contribution is 0.534. The fraction of sp³-hybridized carbons (Fsp3) is 0.353. The molecule has 120 valence electrons. The maximum Gasteiger partial charge on any atom is 0.261 e. The van der Waals surface area contributed by atoms with E-state index in [1.165, 1.54) is 0 Å². The third-order valence-corrected chi connectivity index (χ3v) is 4.97. The molecule has 0 aliphatic heterocycles. The first-order valence-corrected chi connectivity index (χ1v) is 8.60. The smallest absolute Gasteiger partial charge is 0.261 e. The Labute approximate surface area is 139 Å². The number of aryl methyl sites for hydroxylation is 1. The molecule has 0 fully saturated rings. The van der Waals surface area contributed by atoms with Gasteiger partial charge in [-0.3, -0.25) is 9.36 Å². The molecule has 0 saturated heterocycles. The largest absolute Gasteiger partial charge is 0.302 e. The molecule has 0 aliphatic rings. The van der Waals surface area contributed by atoms with Crippen molar-refractivity contribution in [1.82, 2.24) is 19.9 Å². The molecule has 1 N–H and O–H groups in total. The van der Waals surface area contributed by atoms with Gasteiger partial charge in [0.05, 0.1) is 28.1 Å². The zero-order valence-corrected chi connectivity index (χ0v) is 14.4. The summed E-state index contributed by atoms with van der Waals surface area (Å²) in [6, 6.07) is 7.56. The molecule has 0 amide bonds. The second kappa shape index (κ2) is 6.60. The SMILES string of the molecule is CCc1nc(C(C)NCc2nc3ccccc3c(=O)n2C)cs1. The predicted molar refractivity (Wildman–Crippen MR) is 93.7 cm³/mol. The lowest BCUT2D eigenvalue weighted by Gasteiger charge is -2.14. The zero-order chi connectivity index (χ0) is 16.4. The second-order valence-corrected chi connectivity index (χ2v) is 6.47. The van der Waals surface area contributed by atoms with Crippen LogP contribution in [0.25, 0.3) is 10.9 Å². The Balaban J connectivity index is 1.81. The molecule has 0 radical (unpaired) electrons. The minimum absolute atomic E-state index is 0.0121. The van der Waals surface area contributed by atoms with Gasteiger partial charge in [0.2, 0.25) is 0 Å². The van der Waals surface area contributed by atoms with Gasteiger partial charge in [0.15, 0.2) is 0 Å². The molecule has 3 aromatic rings. The fourth-order valence-corrected chi connectivity index (χ4v) is 3.30. The molecule has 0 bridgehead atoms. The molecule has 0 aliphatic carbocycles. The van der Waals surface area contributed by atoms with E-state index in [-0.39, 0.29) is 11.6 Å². The zero-order valence-electron chi connectivity index (χ0n) is 13.5. The molecule has 3 rings (SSSR count). The van der Waals surface area contributed by atoms with Crippen molar-refractivity contribution in [3.63, 3.8) is 0 Å². The molecule has 1 unspecified atom stereocenters. The van der Waals surface area contributed by atoms with E-state index in [1.807, 2.05) is 24.3 Å². The number of nitrogens with zero attached hydrogens (tertiary/aromatic N) is 3. The van der Waals surface area contributed by atoms with Crippen molar-refractivity contribution in [2.75, 3.05) is 0 Å². The maximum atomic E-state index is 12.4. The summed E-state index contributed by atoms with van der Waals surface area (Å²) < 4.78 is 1.61. The molecule has 0 saturated carbocycles. The minimum atomic E-state index is -0.0121. The van der Waals surface area contributed by atoms with E-state index in [0.29, 0.717) is 11.9 Å². The summed E-state index contributed by atoms with van der Waals surface area (Å²) in [7, 11) is 1.77. The Hall–Kier alpha value is -2.05. The summed E-state index contributed by atoms with van der Waals surface area (Å²) >= 11 is 1.69. The molecular weight excluding hydrogens is 308 g/mol. The van der Waals surface area contributed by atoms with Gasteiger partial charge in [0.25, 0.3) is 5.56 Å². The summed E-state index contributed by atoms with van der Waals surface area (Å²) in [5, 5.41) is 7.29. The van der Waals surface area contributed by atoms with Gasteiger partial charge in [0, 0.05) is 18.5 Å². The molecule has 5 nitrogen and oxygen atoms in total. The highest BCUT2D eigenvalue weighted by Crippen LogP contribution is 2.17. The van der Waals surface area contributed by atoms with E-state index in [9.17, 15) is 4.79 Å². The van der Waals surface area contributed by atoms with Gasteiger partial charge < -0.3 is 5.32 Å². The molecule has 6 heteroatoms. The number of benzene rings is 1. The Morgan fingerprint density at radius 1 is 1.30 bits per heavy atom. The Kier molecular flexibility index (Phi) is 4.54. The highest BCUT2D eigenvalue weighted by Gasteiger charge is 2.12. The average molecular weight is 328 g/mol. The Bertz CT molecular complexity index is 884. The first-order chi connectivity index (χ1) is 11.1. The first kappa shape index (κ1) is 15.8. The van der Waals surface area contributed by atoms with Crippen LogP contribution in [0.5, 0.6) is 0 Å². The number of nitrogens with one attached hydrogen (secondary N) is 1. The van der Waals surface area contributed by atoms with Crippen LogP contribution in [0.4, 0.5) is 0 Å². The monoisotopic (exact) mass is 328 g/mol. The van der Waals surface area contributed by atoms with E-state index in [2.05, 4.69) is 34.5 Å². The van der Waals surface area contributed by atoms with Crippen LogP contribution < -0.4 is 10.9 Å². The highest BCUT2D eigenvalue weighted by molar-refractivity contribution is 7.09. The number of hydrogen-bond donors (Lipinski definition) is 1. The van der Waals surface area contributed by atoms with Gasteiger partial charge in [-0.05, 0) is 25.5 Å². The lowest BCUT2D eigenvalue weighted by atomic mass is 10.2. The van der Waals surface area contributed by atoms with Crippen molar-refractivity contribution in [3.05, 3.63) is 56.5 Å². The number of aromatic nitrogens is 3. The van der Waals surface area contributed by atoms with Crippen molar-refractivity contribution < 1.29 is 0 Å². The average Bonchev–Trinajstić information content (AvgIpc) is 3.06. The van der Waals surface area contributed by atoms with Crippen molar-refractivity contribution >= 4 is 22.2 Å². The second-order valence-electron chi connectivity index (χ2n) is 5.53. The molecule has 1 atom stereocenters. The Morgan fingerprint density at radius 2 is 2.09 bits per heavy atom. The summed E-state index contributed by atoms with van der Waals surface area (Å²) in [6.45, 7) is 4.71. The summed E-state index contributed by atoms with van der Waals surface area (Å²) in [5.41, 5.74) is 1.77. The van der Waals surface area contributed by atoms with Crippen LogP contribution in [0.3, 0.4) is 0 Å². The summed E-state index contributed by atoms with van der Waals surface area (Å²) in [5.74, 6) is 0.728. The van der Waals surface area contributed by atoms with E-state index < -0.39 is 0 Å². The minimum Gasteiger partial charge on any atom is -0.302 e. The number of para-hydroxylation sites is 1. The van der Waals surface area contributed by atoms with Crippen molar-refractivity contribution in [2.24, 2.45) is 7.05 Å². The van der Waals surface area contributed by atoms with Crippen LogP contribution in [-0.2, 0) is 20.0 Å². The number of rotatable bonds is 5. The van der Waals surface area contributed by atoms with Crippen LogP contribution in [0.2, 0.25) is 0 Å². The van der Waals surface area contributed by atoms with E-state index >= 15 is 0 Å². The summed E-state index contributed by atoms with van der Waals surface area (Å²) in [6.07, 6.45) is 0.956. The van der Waals surface area contributed by atoms with Gasteiger partial charge in [-0.2, -0.15) is 0 Å². The first-order valence-electron chi connectivity index (χ1n) is 7.72. The highest BCUT2D eigenvalue weighted by atomic mass is 32.1. The van der Waals surface area contributed by atoms with Crippen LogP contribution in [0, 0.1) is 0 Å². The number of hydrogen-bond acceptors (Lipinski definition) is 5. The van der Waals surface area contributed by atoms with E-state index in [1.54, 1.807) is 23.0 Å². The van der Waals surface area contributed by atoms with Crippen LogP contribution in [0.15, 0.2) is 34.4 Å². The van der Waals surface area contributed by atoms with Crippen LogP contribution in [0.1, 0.15) is 36.4 Å². The molecule has 1 aromatic carbocycles. The van der Waals surface area contributed by atoms with Crippen LogP contribution >= 0.6 is 11.3 Å². The standard InChI is InChI=1S/C17H20N4OS/c1-4-16-20-14(10-23-16)11(2)18-9-15-19-13-8-6-5-7-12(13)17(22)21(15)3/h5-8,10-11,18H,4,9H2,1-3H3. The van der Waals surface area contributed by atoms with Gasteiger partial charge >= 0.3 is 0 Å². The topological polar surface area (TPSA) is 59.8 Å². The number of fused-ring (bicyclic) bond motifs is 1. The summed E-state index contributed by atoms with van der Waals surface area (Å²) in [4.78, 5) is 21.6. The van der Waals surface area contributed by atoms with Crippen molar-refractivity contribution in [3.8, 4) is 0 Å². The molecular formula is C17H20N4OS. The maximum absolute atomic E-state index is 12.4. The molecule has 2 aromatic heterocycles. The number of thiazole rings is 1. The van der Waals surface area contributed by atoms with Crippen molar-refractivity contribution in [1.29, 1.82) is 0 Å². The molecule has 23 heavy (non-hydrogen) atoms. The molecule has 2 heterocycles. The predicted octanol–water partition coefficient (Wildman–Crippen LogP) is 2.80. The van der Waals surface area contributed by atoms with Gasteiger partial charge in [-0.1, -0.05) is 19.1 Å². The lowest BCUT2D eigenvalue weighted by Crippen LogP contribution is -2.27. The van der Waals surface area contributed by atoms with Gasteiger partial charge in [-0.15, -0.1) is 11.3 Å². The van der Waals surface area contributed by atoms with Crippen molar-refractivity contribution in [2.45, 2.75) is 32.9 Å². The molecule has 0 spiro atoms. The van der Waals surface area contributed by atoms with E-state index in [0.717, 1.165) is 28.5 Å². The van der Waals surface area contributed by atoms with E-state index in [4.69, 9.17) is 0 Å². The Morgan fingerprint density at radius 3 is 2.83 bits per heavy atom. The third kappa shape index (κ3) is 3.18. The van der Waals surface area contributed by atoms with Crippen LogP contribution in [-0.4, -0.2) is 14.5 Å². The quantitative estimate of drug-likeness (QED) is 0.782. The van der Waals surface area contributed by atoms with Gasteiger partial charge in [0.1, 0.15) is 5.82 Å². The normalized spacial score (nSPS) is 12.7.